The van der Waals surface area contributed by atoms with E-state index in [9.17, 15) is 4.79 Å². The number of amides is 1. The molecule has 1 unspecified atom stereocenters. The van der Waals surface area contributed by atoms with Crippen LogP contribution < -0.4 is 11.1 Å². The van der Waals surface area contributed by atoms with Crippen LogP contribution >= 0.6 is 11.8 Å². The number of benzene rings is 1. The first-order valence-electron chi connectivity index (χ1n) is 7.74. The number of hydrogen-bond donors (Lipinski definition) is 2. The zero-order valence-electron chi connectivity index (χ0n) is 12.7. The van der Waals surface area contributed by atoms with Gasteiger partial charge in [0, 0.05) is 42.2 Å². The summed E-state index contributed by atoms with van der Waals surface area (Å²) >= 11 is 1.97. The molecule has 1 aromatic carbocycles. The molecule has 2 aliphatic heterocycles. The number of anilines is 1. The number of nitrogens with zero attached hydrogens (tertiary/aromatic N) is 1. The number of ether oxygens (including phenoxy) is 1. The smallest absolute Gasteiger partial charge is 0.251 e. The van der Waals surface area contributed by atoms with E-state index in [1.54, 1.807) is 18.2 Å². The third-order valence-corrected chi connectivity index (χ3v) is 5.73. The number of nitrogens with two attached hydrogens (primary N) is 1. The second-order valence-electron chi connectivity index (χ2n) is 5.93. The van der Waals surface area contributed by atoms with Gasteiger partial charge in [0.1, 0.15) is 0 Å². The Morgan fingerprint density at radius 1 is 1.41 bits per heavy atom. The highest BCUT2D eigenvalue weighted by Crippen LogP contribution is 2.33. The molecule has 0 bridgehead atoms. The molecule has 2 aliphatic rings. The van der Waals surface area contributed by atoms with E-state index in [1.807, 2.05) is 17.8 Å². The minimum absolute atomic E-state index is 0.0446. The highest BCUT2D eigenvalue weighted by molar-refractivity contribution is 7.99. The van der Waals surface area contributed by atoms with Gasteiger partial charge in [-0.1, -0.05) is 6.07 Å². The zero-order valence-corrected chi connectivity index (χ0v) is 13.5. The average Bonchev–Trinajstić information content (AvgIpc) is 3.04. The predicted octanol–water partition coefficient (Wildman–Crippen LogP) is 1.21. The molecule has 2 saturated heterocycles. The Morgan fingerprint density at radius 3 is 2.91 bits per heavy atom. The number of hydrogen-bond acceptors (Lipinski definition) is 5. The van der Waals surface area contributed by atoms with Crippen molar-refractivity contribution in [3.8, 4) is 0 Å². The van der Waals surface area contributed by atoms with Crippen LogP contribution in [0.15, 0.2) is 24.3 Å². The van der Waals surface area contributed by atoms with Gasteiger partial charge in [-0.15, -0.1) is 0 Å². The first-order valence-corrected chi connectivity index (χ1v) is 8.89. The highest BCUT2D eigenvalue weighted by Gasteiger charge is 2.40. The number of nitrogen functional groups attached to an aromatic ring is 1. The Morgan fingerprint density at radius 2 is 2.23 bits per heavy atom. The fourth-order valence-corrected chi connectivity index (χ4v) is 4.64. The molecule has 6 heteroatoms. The van der Waals surface area contributed by atoms with Crippen molar-refractivity contribution in [2.45, 2.75) is 12.0 Å². The molecule has 120 valence electrons. The number of rotatable bonds is 4. The van der Waals surface area contributed by atoms with Crippen LogP contribution in [0.25, 0.3) is 0 Å². The molecule has 0 saturated carbocycles. The van der Waals surface area contributed by atoms with Crippen molar-refractivity contribution in [3.05, 3.63) is 29.8 Å². The Balaban J connectivity index is 1.65. The molecule has 3 rings (SSSR count). The topological polar surface area (TPSA) is 67.6 Å². The van der Waals surface area contributed by atoms with Crippen molar-refractivity contribution < 1.29 is 9.53 Å². The summed E-state index contributed by atoms with van der Waals surface area (Å²) in [6, 6.07) is 7.13. The van der Waals surface area contributed by atoms with Gasteiger partial charge in [-0.3, -0.25) is 9.69 Å². The molecule has 0 spiro atoms. The van der Waals surface area contributed by atoms with Gasteiger partial charge >= 0.3 is 0 Å². The Hall–Kier alpha value is -1.24. The van der Waals surface area contributed by atoms with Gasteiger partial charge in [0.15, 0.2) is 0 Å². The minimum Gasteiger partial charge on any atom is -0.399 e. The van der Waals surface area contributed by atoms with Crippen molar-refractivity contribution in [1.82, 2.24) is 10.2 Å². The lowest BCUT2D eigenvalue weighted by atomic mass is 9.95. The Kier molecular flexibility index (Phi) is 4.90. The summed E-state index contributed by atoms with van der Waals surface area (Å²) in [4.78, 5) is 14.9. The quantitative estimate of drug-likeness (QED) is 0.816. The van der Waals surface area contributed by atoms with Crippen molar-refractivity contribution in [1.29, 1.82) is 0 Å². The molecule has 0 aromatic heterocycles. The van der Waals surface area contributed by atoms with Crippen LogP contribution in [0.2, 0.25) is 0 Å². The summed E-state index contributed by atoms with van der Waals surface area (Å²) in [5, 5.41) is 3.12. The first kappa shape index (κ1) is 15.6. The third-order valence-electron chi connectivity index (χ3n) is 4.49. The zero-order chi connectivity index (χ0) is 15.4. The lowest BCUT2D eigenvalue weighted by Crippen LogP contribution is -2.59. The number of carbonyl (C=O) groups excluding carboxylic acids is 1. The fourth-order valence-electron chi connectivity index (χ4n) is 3.16. The third kappa shape index (κ3) is 3.39. The normalized spacial score (nSPS) is 26.0. The standard InChI is InChI=1S/C16H23N3O2S/c17-14-3-1-2-13(10-14)15(20)18-11-16(4-9-22-12-16)19-5-7-21-8-6-19/h1-3,10H,4-9,11-12,17H2,(H,18,20). The van der Waals surface area contributed by atoms with E-state index in [0.29, 0.717) is 17.8 Å². The van der Waals surface area contributed by atoms with E-state index in [2.05, 4.69) is 10.2 Å². The van der Waals surface area contributed by atoms with E-state index < -0.39 is 0 Å². The molecule has 3 N–H and O–H groups in total. The van der Waals surface area contributed by atoms with Gasteiger partial charge < -0.3 is 15.8 Å². The molecular weight excluding hydrogens is 298 g/mol. The minimum atomic E-state index is -0.0446. The van der Waals surface area contributed by atoms with Crippen LogP contribution in [0.4, 0.5) is 5.69 Å². The predicted molar refractivity (Wildman–Crippen MR) is 90.3 cm³/mol. The number of morpholine rings is 1. The van der Waals surface area contributed by atoms with E-state index in [4.69, 9.17) is 10.5 Å². The maximum atomic E-state index is 12.4. The van der Waals surface area contributed by atoms with Crippen LogP contribution in [0.1, 0.15) is 16.8 Å². The number of nitrogens with one attached hydrogen (secondary N) is 1. The lowest BCUT2D eigenvalue weighted by Gasteiger charge is -2.43. The largest absolute Gasteiger partial charge is 0.399 e. The number of thioether (sulfide) groups is 1. The van der Waals surface area contributed by atoms with E-state index in [1.165, 1.54) is 0 Å². The summed E-state index contributed by atoms with van der Waals surface area (Å²) in [5.74, 6) is 2.19. The molecule has 0 aliphatic carbocycles. The lowest BCUT2D eigenvalue weighted by molar-refractivity contribution is -0.0129. The van der Waals surface area contributed by atoms with Crippen LogP contribution in [0.5, 0.6) is 0 Å². The van der Waals surface area contributed by atoms with Gasteiger partial charge in [0.25, 0.3) is 5.91 Å². The Labute approximate surface area is 135 Å². The van der Waals surface area contributed by atoms with Gasteiger partial charge in [0.05, 0.1) is 13.2 Å². The summed E-state index contributed by atoms with van der Waals surface area (Å²) in [6.07, 6.45) is 1.12. The van der Waals surface area contributed by atoms with E-state index >= 15 is 0 Å². The average molecular weight is 321 g/mol. The first-order chi connectivity index (χ1) is 10.7. The van der Waals surface area contributed by atoms with Gasteiger partial charge in [-0.2, -0.15) is 11.8 Å². The van der Waals surface area contributed by atoms with Crippen molar-refractivity contribution in [2.75, 3.05) is 50.1 Å². The maximum absolute atomic E-state index is 12.4. The molecule has 5 nitrogen and oxygen atoms in total. The van der Waals surface area contributed by atoms with Crippen LogP contribution in [0, 0.1) is 0 Å². The molecular formula is C16H23N3O2S. The summed E-state index contributed by atoms with van der Waals surface area (Å²) in [7, 11) is 0. The summed E-state index contributed by atoms with van der Waals surface area (Å²) in [6.45, 7) is 4.17. The van der Waals surface area contributed by atoms with E-state index in [0.717, 1.165) is 44.2 Å². The monoisotopic (exact) mass is 321 g/mol. The molecule has 1 aromatic rings. The summed E-state index contributed by atoms with van der Waals surface area (Å²) < 4.78 is 5.46. The highest BCUT2D eigenvalue weighted by atomic mass is 32.2. The fraction of sp³-hybridized carbons (Fsp3) is 0.562. The van der Waals surface area contributed by atoms with Gasteiger partial charge in [-0.05, 0) is 30.4 Å². The summed E-state index contributed by atoms with van der Waals surface area (Å²) in [5.41, 5.74) is 7.07. The molecule has 0 radical (unpaired) electrons. The van der Waals surface area contributed by atoms with Crippen molar-refractivity contribution in [2.24, 2.45) is 0 Å². The molecule has 2 heterocycles. The number of carbonyl (C=O) groups is 1. The van der Waals surface area contributed by atoms with Crippen LogP contribution in [-0.4, -0.2) is 60.7 Å². The second-order valence-corrected chi connectivity index (χ2v) is 7.04. The van der Waals surface area contributed by atoms with Gasteiger partial charge in [0.2, 0.25) is 0 Å². The van der Waals surface area contributed by atoms with Gasteiger partial charge in [-0.25, -0.2) is 0 Å². The SMILES string of the molecule is Nc1cccc(C(=O)NCC2(N3CCOCC3)CCSC2)c1. The van der Waals surface area contributed by atoms with Crippen LogP contribution in [0.3, 0.4) is 0 Å². The van der Waals surface area contributed by atoms with Crippen molar-refractivity contribution in [3.63, 3.8) is 0 Å². The molecule has 1 atom stereocenters. The second kappa shape index (κ2) is 6.89. The molecule has 2 fully saturated rings. The maximum Gasteiger partial charge on any atom is 0.251 e. The van der Waals surface area contributed by atoms with E-state index in [-0.39, 0.29) is 11.4 Å². The Bertz CT molecular complexity index is 526. The molecule has 22 heavy (non-hydrogen) atoms. The van der Waals surface area contributed by atoms with Crippen molar-refractivity contribution >= 4 is 23.4 Å². The van der Waals surface area contributed by atoms with Crippen LogP contribution in [-0.2, 0) is 4.74 Å². The molecule has 1 amide bonds.